The van der Waals surface area contributed by atoms with Crippen molar-refractivity contribution in [1.29, 1.82) is 0 Å². The van der Waals surface area contributed by atoms with Crippen LogP contribution in [0.3, 0.4) is 0 Å². The molecule has 14 heavy (non-hydrogen) atoms. The van der Waals surface area contributed by atoms with Gasteiger partial charge in [0.2, 0.25) is 0 Å². The number of hydrogen-bond acceptors (Lipinski definition) is 1. The molecule has 0 N–H and O–H groups in total. The van der Waals surface area contributed by atoms with Gasteiger partial charge >= 0.3 is 18.9 Å². The van der Waals surface area contributed by atoms with Crippen LogP contribution in [0.15, 0.2) is 42.2 Å². The molecular weight excluding hydrogens is 167 g/mol. The molecule has 0 saturated carbocycles. The number of benzene rings is 1. The Hall–Kier alpha value is -0.643. The summed E-state index contributed by atoms with van der Waals surface area (Å²) in [5, 5.41) is 11.5. The van der Waals surface area contributed by atoms with E-state index in [1.165, 1.54) is 5.56 Å². The normalized spacial score (nSPS) is 20.9. The maximum absolute atomic E-state index is 11.5. The summed E-state index contributed by atoms with van der Waals surface area (Å²) in [7, 11) is 0. The van der Waals surface area contributed by atoms with E-state index in [1.807, 2.05) is 36.4 Å². The van der Waals surface area contributed by atoms with Crippen LogP contribution in [-0.4, -0.2) is 0 Å². The van der Waals surface area contributed by atoms with Crippen molar-refractivity contribution in [3.63, 3.8) is 0 Å². The van der Waals surface area contributed by atoms with Gasteiger partial charge in [0.05, 0.1) is 0 Å². The van der Waals surface area contributed by atoms with Crippen molar-refractivity contribution in [2.75, 3.05) is 0 Å². The fourth-order valence-corrected chi connectivity index (χ4v) is 1.87. The molecule has 0 amide bonds. The Labute approximate surface area is 97.0 Å². The molecule has 0 bridgehead atoms. The molecule has 1 nitrogen and oxygen atoms in total. The van der Waals surface area contributed by atoms with E-state index in [9.17, 15) is 5.11 Å². The van der Waals surface area contributed by atoms with Gasteiger partial charge in [0.15, 0.2) is 0 Å². The second kappa shape index (κ2) is 5.29. The zero-order valence-corrected chi connectivity index (χ0v) is 8.57. The van der Waals surface area contributed by atoms with E-state index >= 15 is 0 Å². The molecule has 0 heterocycles. The van der Waals surface area contributed by atoms with Gasteiger partial charge in [-0.3, -0.25) is 0 Å². The zero-order valence-electron chi connectivity index (χ0n) is 8.57. The maximum Gasteiger partial charge on any atom is 1.00 e. The Morgan fingerprint density at radius 2 is 1.86 bits per heavy atom. The van der Waals surface area contributed by atoms with Gasteiger partial charge in [-0.2, -0.15) is 0 Å². The smallest absolute Gasteiger partial charge is 0.875 e. The average molecular weight is 180 g/mol. The summed E-state index contributed by atoms with van der Waals surface area (Å²) >= 11 is 0. The molecular formula is C12H13LiO. The summed E-state index contributed by atoms with van der Waals surface area (Å²) in [6.07, 6.45) is 4.95. The minimum atomic E-state index is 0. The second-order valence-corrected chi connectivity index (χ2v) is 3.50. The van der Waals surface area contributed by atoms with Crippen molar-refractivity contribution >= 4 is 0 Å². The molecule has 1 aliphatic carbocycles. The Balaban J connectivity index is 0.000000980. The minimum Gasteiger partial charge on any atom is -0.875 e. The summed E-state index contributed by atoms with van der Waals surface area (Å²) in [5.74, 6) is 0.437. The molecule has 0 aliphatic heterocycles. The van der Waals surface area contributed by atoms with Crippen molar-refractivity contribution in [2.24, 2.45) is 0 Å². The predicted octanol–water partition coefficient (Wildman–Crippen LogP) is -0.798. The molecule has 2 rings (SSSR count). The molecule has 1 aliphatic rings. The van der Waals surface area contributed by atoms with Gasteiger partial charge in [0.1, 0.15) is 0 Å². The first kappa shape index (κ1) is 11.4. The van der Waals surface area contributed by atoms with Gasteiger partial charge in [-0.25, -0.2) is 0 Å². The van der Waals surface area contributed by atoms with Crippen LogP contribution in [0.5, 0.6) is 0 Å². The Morgan fingerprint density at radius 1 is 1.14 bits per heavy atom. The average Bonchev–Trinajstić information content (AvgIpc) is 2.20. The van der Waals surface area contributed by atoms with E-state index in [0.717, 1.165) is 19.3 Å². The molecule has 0 aromatic heterocycles. The van der Waals surface area contributed by atoms with E-state index in [2.05, 4.69) is 0 Å². The number of allylic oxidation sites excluding steroid dienone is 2. The fraction of sp³-hybridized carbons (Fsp3) is 0.333. The third kappa shape index (κ3) is 2.44. The van der Waals surface area contributed by atoms with Gasteiger partial charge in [-0.05, 0) is 30.7 Å². The van der Waals surface area contributed by atoms with E-state index in [4.69, 9.17) is 0 Å². The molecule has 68 valence electrons. The van der Waals surface area contributed by atoms with Crippen molar-refractivity contribution in [3.8, 4) is 0 Å². The maximum atomic E-state index is 11.5. The standard InChI is InChI=1S/C12H14O.Li/c13-12-9-5-4-8-11(12)10-6-2-1-3-7-10;/h1-3,6-7,9,11,13H,4-5,8H2;/q;+1/p-1. The van der Waals surface area contributed by atoms with Crippen molar-refractivity contribution < 1.29 is 24.0 Å². The summed E-state index contributed by atoms with van der Waals surface area (Å²) in [6.45, 7) is 0. The van der Waals surface area contributed by atoms with Crippen LogP contribution in [0.4, 0.5) is 0 Å². The zero-order chi connectivity index (χ0) is 9.10. The van der Waals surface area contributed by atoms with Gasteiger partial charge in [0, 0.05) is 0 Å². The first-order valence-corrected chi connectivity index (χ1v) is 4.80. The largest absolute Gasteiger partial charge is 1.00 e. The Bertz CT molecular complexity index is 305. The number of rotatable bonds is 1. The van der Waals surface area contributed by atoms with E-state index in [1.54, 1.807) is 0 Å². The fourth-order valence-electron chi connectivity index (χ4n) is 1.87. The Kier molecular flexibility index (Phi) is 4.32. The van der Waals surface area contributed by atoms with Crippen LogP contribution < -0.4 is 24.0 Å². The molecule has 0 fully saturated rings. The van der Waals surface area contributed by atoms with Crippen LogP contribution in [0.2, 0.25) is 0 Å². The molecule has 1 aromatic rings. The van der Waals surface area contributed by atoms with Crippen LogP contribution in [0, 0.1) is 0 Å². The minimum absolute atomic E-state index is 0. The summed E-state index contributed by atoms with van der Waals surface area (Å²) in [4.78, 5) is 0. The van der Waals surface area contributed by atoms with Crippen molar-refractivity contribution in [1.82, 2.24) is 0 Å². The van der Waals surface area contributed by atoms with E-state index in [0.29, 0.717) is 5.76 Å². The monoisotopic (exact) mass is 180 g/mol. The van der Waals surface area contributed by atoms with Crippen LogP contribution in [0.1, 0.15) is 30.7 Å². The molecule has 1 aromatic carbocycles. The third-order valence-electron chi connectivity index (χ3n) is 2.59. The van der Waals surface area contributed by atoms with Crippen LogP contribution >= 0.6 is 0 Å². The van der Waals surface area contributed by atoms with Gasteiger partial charge < -0.3 is 5.11 Å². The van der Waals surface area contributed by atoms with Gasteiger partial charge in [-0.1, -0.05) is 36.4 Å². The molecule has 0 spiro atoms. The number of hydrogen-bond donors (Lipinski definition) is 0. The quantitative estimate of drug-likeness (QED) is 0.519. The SMILES string of the molecule is [Li+].[O-]C1=CCCCC1c1ccccc1. The summed E-state index contributed by atoms with van der Waals surface area (Å²) in [6, 6.07) is 10.1. The van der Waals surface area contributed by atoms with Crippen molar-refractivity contribution in [2.45, 2.75) is 25.2 Å². The second-order valence-electron chi connectivity index (χ2n) is 3.50. The summed E-state index contributed by atoms with van der Waals surface area (Å²) in [5.41, 5.74) is 1.17. The molecule has 0 saturated heterocycles. The van der Waals surface area contributed by atoms with Gasteiger partial charge in [-0.15, -0.1) is 5.76 Å². The van der Waals surface area contributed by atoms with E-state index < -0.39 is 0 Å². The van der Waals surface area contributed by atoms with Gasteiger partial charge in [0.25, 0.3) is 0 Å². The molecule has 2 heteroatoms. The Morgan fingerprint density at radius 3 is 2.50 bits per heavy atom. The first-order valence-electron chi connectivity index (χ1n) is 4.80. The van der Waals surface area contributed by atoms with Crippen molar-refractivity contribution in [3.05, 3.63) is 47.7 Å². The summed E-state index contributed by atoms with van der Waals surface area (Å²) < 4.78 is 0. The topological polar surface area (TPSA) is 23.1 Å². The molecule has 1 atom stereocenters. The third-order valence-corrected chi connectivity index (χ3v) is 2.59. The van der Waals surface area contributed by atoms with E-state index in [-0.39, 0.29) is 24.8 Å². The predicted molar refractivity (Wildman–Crippen MR) is 51.1 cm³/mol. The molecule has 0 radical (unpaired) electrons. The van der Waals surface area contributed by atoms with Crippen LogP contribution in [-0.2, 0) is 0 Å². The van der Waals surface area contributed by atoms with Crippen LogP contribution in [0.25, 0.3) is 0 Å². The molecule has 1 unspecified atom stereocenters. The first-order chi connectivity index (χ1) is 6.38.